The number of aromatic nitrogens is 6. The summed E-state index contributed by atoms with van der Waals surface area (Å²) in [6.45, 7) is 6.58. The van der Waals surface area contributed by atoms with Gasteiger partial charge in [-0.2, -0.15) is 0 Å². The first-order valence-corrected chi connectivity index (χ1v) is 41.3. The summed E-state index contributed by atoms with van der Waals surface area (Å²) in [7, 11) is 0. The van der Waals surface area contributed by atoms with Crippen molar-refractivity contribution in [3.05, 3.63) is 215 Å². The van der Waals surface area contributed by atoms with Gasteiger partial charge in [0.25, 0.3) is 0 Å². The number of hydrogen-bond acceptors (Lipinski definition) is 21. The van der Waals surface area contributed by atoms with Gasteiger partial charge in [-0.05, 0) is 189 Å². The molecule has 5 fully saturated rings. The van der Waals surface area contributed by atoms with Gasteiger partial charge in [-0.3, -0.25) is 63.5 Å². The first-order chi connectivity index (χ1) is 56.1. The number of thiophene rings is 3. The van der Waals surface area contributed by atoms with Crippen LogP contribution in [0.4, 0.5) is 13.2 Å². The topological polar surface area (TPSA) is 303 Å². The van der Waals surface area contributed by atoms with Crippen molar-refractivity contribution in [2.45, 2.75) is 129 Å². The number of carboxylic acids is 1. The van der Waals surface area contributed by atoms with E-state index < -0.39 is 29.5 Å². The zero-order valence-electron chi connectivity index (χ0n) is 63.9. The van der Waals surface area contributed by atoms with Crippen LogP contribution in [-0.2, 0) is 61.1 Å². The second-order valence-electron chi connectivity index (χ2n) is 30.2. The SMILES string of the molecule is C[C@@H](CCN)C(=O)O.C[C@H]1CCN(Cc2ccc(-c3cc4nccc(Oc5ccc(CC(=O)CC6CC6)cc5F)c4s3)nc2)C1=O.N[C@H]1CCN(Cc2ccc(-c3cc4nccc(Oc5ccc(CC(=O)CC6CC6)cc5F)c4s3)nc2)C1=O.O=Cc1ccc(-c2cc3nccc(Oc4ccc(CC(=O)CC5CC5)cc4F)c3s2)nc1. The summed E-state index contributed by atoms with van der Waals surface area (Å²) in [5.74, 6) is 1.56. The van der Waals surface area contributed by atoms with E-state index in [0.717, 1.165) is 126 Å². The van der Waals surface area contributed by atoms with Crippen LogP contribution in [0.3, 0.4) is 0 Å². The number of amides is 2. The largest absolute Gasteiger partial charge is 0.481 e. The fourth-order valence-electron chi connectivity index (χ4n) is 13.5. The molecule has 2 saturated heterocycles. The number of hydrogen-bond donors (Lipinski definition) is 3. The Morgan fingerprint density at radius 2 is 0.862 bits per heavy atom. The van der Waals surface area contributed by atoms with Gasteiger partial charge in [-0.1, -0.05) is 44.2 Å². The molecule has 3 aliphatic carbocycles. The predicted octanol–water partition coefficient (Wildman–Crippen LogP) is 17.9. The molecule has 3 atom stereocenters. The van der Waals surface area contributed by atoms with Crippen LogP contribution in [0, 0.1) is 47.0 Å². The fraction of sp³-hybridized carbons (Fsp3) is 0.315. The Hall–Kier alpha value is -11.4. The van der Waals surface area contributed by atoms with Crippen LogP contribution in [0.1, 0.15) is 129 Å². The minimum Gasteiger partial charge on any atom is -0.481 e. The molecule has 596 valence electrons. The highest BCUT2D eigenvalue weighted by Crippen LogP contribution is 2.44. The second-order valence-corrected chi connectivity index (χ2v) is 33.4. The van der Waals surface area contributed by atoms with Gasteiger partial charge in [0, 0.05) is 132 Å². The summed E-state index contributed by atoms with van der Waals surface area (Å²) in [4.78, 5) is 115. The zero-order chi connectivity index (χ0) is 81.1. The Bertz CT molecular complexity index is 5390. The van der Waals surface area contributed by atoms with Gasteiger partial charge in [0.2, 0.25) is 11.8 Å². The number of Topliss-reactive ketones (excluding diaryl/α,β-unsaturated/α-hetero) is 3. The lowest BCUT2D eigenvalue weighted by Crippen LogP contribution is -2.33. The number of ketones is 3. The van der Waals surface area contributed by atoms with Crippen molar-refractivity contribution in [3.8, 4) is 66.2 Å². The van der Waals surface area contributed by atoms with Crippen LogP contribution < -0.4 is 25.7 Å². The van der Waals surface area contributed by atoms with Crippen LogP contribution in [0.2, 0.25) is 0 Å². The minimum absolute atomic E-state index is 0.0228. The third-order valence-corrected chi connectivity index (χ3v) is 24.1. The Morgan fingerprint density at radius 1 is 0.491 bits per heavy atom. The molecule has 5 aliphatic rings. The number of ether oxygens (including phenoxy) is 3. The van der Waals surface area contributed by atoms with Crippen LogP contribution in [-0.4, -0.2) is 112 Å². The molecule has 11 heterocycles. The van der Waals surface area contributed by atoms with Crippen molar-refractivity contribution in [3.63, 3.8) is 0 Å². The van der Waals surface area contributed by atoms with Crippen molar-refractivity contribution in [1.29, 1.82) is 0 Å². The molecule has 0 bridgehead atoms. The molecule has 3 aromatic carbocycles. The highest BCUT2D eigenvalue weighted by atomic mass is 32.1. The maximum atomic E-state index is 14.9. The number of carboxylic acid groups (broad SMARTS) is 1. The second kappa shape index (κ2) is 37.1. The lowest BCUT2D eigenvalue weighted by Gasteiger charge is -2.15. The van der Waals surface area contributed by atoms with Crippen molar-refractivity contribution >= 4 is 106 Å². The molecular weight excluding hydrogens is 1540 g/mol. The number of aldehydes is 1. The molecule has 12 aromatic rings. The highest BCUT2D eigenvalue weighted by molar-refractivity contribution is 7.23. The molecule has 9 aromatic heterocycles. The number of rotatable bonds is 29. The maximum Gasteiger partial charge on any atom is 0.306 e. The summed E-state index contributed by atoms with van der Waals surface area (Å²) >= 11 is 4.38. The number of pyridine rings is 6. The summed E-state index contributed by atoms with van der Waals surface area (Å²) in [6, 6.07) is 35.9. The molecular formula is C89H85F3N10O11S3. The molecule has 0 radical (unpaired) electrons. The van der Waals surface area contributed by atoms with E-state index in [-0.39, 0.29) is 77.5 Å². The van der Waals surface area contributed by atoms with Crippen molar-refractivity contribution in [1.82, 2.24) is 39.7 Å². The van der Waals surface area contributed by atoms with Gasteiger partial charge >= 0.3 is 5.97 Å². The van der Waals surface area contributed by atoms with Crippen molar-refractivity contribution in [2.75, 3.05) is 19.6 Å². The Kier molecular flexibility index (Phi) is 25.9. The van der Waals surface area contributed by atoms with E-state index in [1.807, 2.05) is 60.5 Å². The van der Waals surface area contributed by atoms with E-state index in [1.165, 1.54) is 58.4 Å². The van der Waals surface area contributed by atoms with E-state index in [4.69, 9.17) is 30.8 Å². The average Bonchev–Trinajstić information content (AvgIpc) is 1.65. The van der Waals surface area contributed by atoms with Gasteiger partial charge in [0.1, 0.15) is 34.6 Å². The predicted molar refractivity (Wildman–Crippen MR) is 439 cm³/mol. The van der Waals surface area contributed by atoms with E-state index in [9.17, 15) is 46.7 Å². The van der Waals surface area contributed by atoms with Crippen LogP contribution in [0.5, 0.6) is 34.5 Å². The fourth-order valence-corrected chi connectivity index (χ4v) is 16.6. The Balaban J connectivity index is 0.000000137. The van der Waals surface area contributed by atoms with E-state index in [1.54, 1.807) is 103 Å². The van der Waals surface area contributed by atoms with Gasteiger partial charge < -0.3 is 40.6 Å². The molecule has 116 heavy (non-hydrogen) atoms. The lowest BCUT2D eigenvalue weighted by atomic mass is 10.0. The van der Waals surface area contributed by atoms with Gasteiger partial charge in [0.15, 0.2) is 41.0 Å². The van der Waals surface area contributed by atoms with Gasteiger partial charge in [-0.15, -0.1) is 34.0 Å². The standard InChI is InChI=1S/C30H28FN3O3S.C29H27FN4O3S.C25H19FN2O3S.C5H11NO2/c1-18-9-11-34(30(18)36)17-21-4-6-24(33-16-21)28-15-25-29(38-28)27(8-10-32-25)37-26-7-5-20(14-23(26)31)13-22(35)12-19-2-3-19;30-21-13-18(12-20(35)11-17-1-2-17)4-6-25(21)37-26-7-9-32-24-14-27(38-28(24)26)23-5-3-19(15-33-23)16-34-10-8-22(31)29(34)36;26-19-11-16(10-18(30)9-15-1-2-15)4-6-22(19)31-23-7-8-27-21-12-24(32-25(21)23)20-5-3-17(14-29)13-28-20;1-4(2-3-6)5(7)8/h4-8,10,14-16,18-19H,2-3,9,11-13,17H2,1H3;3-7,9,13-15,17,22H,1-2,8,10-12,16,31H2;3-8,11-15H,1-2,9-10H2;4H,2-3,6H2,1H3,(H,7,8)/t18-;22-;;4-/m00.0/s1. The Labute approximate surface area is 679 Å². The van der Waals surface area contributed by atoms with Crippen LogP contribution in [0.25, 0.3) is 62.4 Å². The maximum absolute atomic E-state index is 14.9. The summed E-state index contributed by atoms with van der Waals surface area (Å²) < 4.78 is 64.6. The van der Waals surface area contributed by atoms with E-state index >= 15 is 0 Å². The number of aliphatic carboxylic acids is 1. The molecule has 2 aliphatic heterocycles. The van der Waals surface area contributed by atoms with Gasteiger partial charge in [-0.25, -0.2) is 13.2 Å². The highest BCUT2D eigenvalue weighted by Gasteiger charge is 2.31. The van der Waals surface area contributed by atoms with Gasteiger partial charge in [0.05, 0.1) is 74.3 Å². The van der Waals surface area contributed by atoms with Crippen LogP contribution in [0.15, 0.2) is 165 Å². The summed E-state index contributed by atoms with van der Waals surface area (Å²) in [5.41, 5.74) is 19.8. The molecule has 27 heteroatoms. The van der Waals surface area contributed by atoms with Crippen molar-refractivity contribution in [2.24, 2.45) is 41.1 Å². The monoisotopic (exact) mass is 1620 g/mol. The molecule has 0 spiro atoms. The van der Waals surface area contributed by atoms with Crippen LogP contribution >= 0.6 is 34.0 Å². The molecule has 21 nitrogen and oxygen atoms in total. The third kappa shape index (κ3) is 21.2. The van der Waals surface area contributed by atoms with E-state index in [0.29, 0.717) is 121 Å². The Morgan fingerprint density at radius 3 is 1.16 bits per heavy atom. The lowest BCUT2D eigenvalue weighted by molar-refractivity contribution is -0.141. The first-order valence-electron chi connectivity index (χ1n) is 38.8. The molecule has 17 rings (SSSR count). The quantitative estimate of drug-likeness (QED) is 0.0367. The average molecular weight is 1620 g/mol. The number of fused-ring (bicyclic) bond motifs is 3. The minimum atomic E-state index is -0.768. The number of benzene rings is 3. The zero-order valence-corrected chi connectivity index (χ0v) is 66.3. The molecule has 2 amide bonds. The molecule has 0 unspecified atom stereocenters. The number of nitrogens with zero attached hydrogens (tertiary/aromatic N) is 8. The number of halogens is 3. The number of nitrogens with two attached hydrogens (primary N) is 2. The summed E-state index contributed by atoms with van der Waals surface area (Å²) in [6.07, 6.45) is 22.1. The molecule has 3 saturated carbocycles. The number of likely N-dealkylation sites (tertiary alicyclic amines) is 2. The third-order valence-electron chi connectivity index (χ3n) is 20.6. The number of carbonyl (C=O) groups excluding carboxylic acids is 6. The normalized spacial score (nSPS) is 16.0. The molecule has 5 N–H and O–H groups in total. The first kappa shape index (κ1) is 81.2. The summed E-state index contributed by atoms with van der Waals surface area (Å²) in [5, 5.41) is 8.26. The van der Waals surface area contributed by atoms with Crippen molar-refractivity contribution < 1.29 is 66.1 Å². The smallest absolute Gasteiger partial charge is 0.306 e. The number of carbonyl (C=O) groups is 7. The van der Waals surface area contributed by atoms with E-state index in [2.05, 4.69) is 29.9 Å².